The third-order valence-electron chi connectivity index (χ3n) is 8.13. The van der Waals surface area contributed by atoms with Crippen molar-refractivity contribution in [3.05, 3.63) is 24.3 Å². The third kappa shape index (κ3) is 4.33. The van der Waals surface area contributed by atoms with Crippen LogP contribution in [0.15, 0.2) is 24.3 Å². The standard InChI is InChI=1S/C27H40N2O6/c1-4-6-10-15-28-16-12-14-27-20(23(31)29(19(5-2)18-30)22(27)24(28)32)21-25(33)34-17-11-8-7-9-13-26(21,3)35-27/h9,12-14,19-22,30H,4-8,10-11,15-18H2,1-3H3/b13-9-/t19-,20-,21+,22?,26-,27-/m0/s1. The summed E-state index contributed by atoms with van der Waals surface area (Å²) < 4.78 is 12.4. The molecule has 8 heteroatoms. The van der Waals surface area contributed by atoms with E-state index in [1.807, 2.05) is 38.2 Å². The van der Waals surface area contributed by atoms with Crippen LogP contribution in [0.5, 0.6) is 0 Å². The number of amides is 2. The molecule has 6 atom stereocenters. The number of ether oxygens (including phenoxy) is 2. The number of cyclic esters (lactones) is 1. The number of carbonyl (C=O) groups is 3. The van der Waals surface area contributed by atoms with Gasteiger partial charge in [0.25, 0.3) is 0 Å². The molecule has 1 N–H and O–H groups in total. The molecule has 0 aromatic heterocycles. The van der Waals surface area contributed by atoms with Crippen LogP contribution in [0.2, 0.25) is 0 Å². The fourth-order valence-electron chi connectivity index (χ4n) is 6.34. The number of aliphatic hydroxyl groups excluding tert-OH is 1. The van der Waals surface area contributed by atoms with E-state index in [9.17, 15) is 19.5 Å². The van der Waals surface area contributed by atoms with Crippen LogP contribution in [-0.4, -0.2) is 82.3 Å². The van der Waals surface area contributed by atoms with Gasteiger partial charge in [0.1, 0.15) is 17.6 Å². The Bertz CT molecular complexity index is 883. The number of nitrogens with zero attached hydrogens (tertiary/aromatic N) is 2. The number of hydrogen-bond acceptors (Lipinski definition) is 6. The largest absolute Gasteiger partial charge is 0.465 e. The van der Waals surface area contributed by atoms with Crippen LogP contribution in [0.1, 0.15) is 65.7 Å². The fraction of sp³-hybridized carbons (Fsp3) is 0.741. The van der Waals surface area contributed by atoms with E-state index in [1.54, 1.807) is 4.90 Å². The van der Waals surface area contributed by atoms with Crippen molar-refractivity contribution in [2.45, 2.75) is 89.0 Å². The molecule has 2 saturated heterocycles. The average molecular weight is 489 g/mol. The van der Waals surface area contributed by atoms with Gasteiger partial charge < -0.3 is 24.4 Å². The molecule has 4 rings (SSSR count). The lowest BCUT2D eigenvalue weighted by atomic mass is 9.74. The van der Waals surface area contributed by atoms with Gasteiger partial charge in [-0.2, -0.15) is 0 Å². The highest BCUT2D eigenvalue weighted by Gasteiger charge is 2.75. The van der Waals surface area contributed by atoms with Crippen LogP contribution in [0.3, 0.4) is 0 Å². The Kier molecular flexibility index (Phi) is 7.71. The number of carbonyl (C=O) groups excluding carboxylic acids is 3. The van der Waals surface area contributed by atoms with Crippen LogP contribution in [0.4, 0.5) is 0 Å². The summed E-state index contributed by atoms with van der Waals surface area (Å²) in [6.45, 7) is 6.88. The minimum atomic E-state index is -1.30. The van der Waals surface area contributed by atoms with Crippen LogP contribution in [-0.2, 0) is 23.9 Å². The van der Waals surface area contributed by atoms with E-state index in [1.165, 1.54) is 4.90 Å². The fourth-order valence-corrected chi connectivity index (χ4v) is 6.34. The van der Waals surface area contributed by atoms with E-state index in [2.05, 4.69) is 6.92 Å². The summed E-state index contributed by atoms with van der Waals surface area (Å²) in [5.41, 5.74) is -2.38. The Balaban J connectivity index is 1.83. The molecule has 2 fully saturated rings. The first-order chi connectivity index (χ1) is 16.8. The Labute approximate surface area is 208 Å². The zero-order valence-corrected chi connectivity index (χ0v) is 21.3. The Morgan fingerprint density at radius 1 is 1.09 bits per heavy atom. The van der Waals surface area contributed by atoms with Crippen molar-refractivity contribution in [1.82, 2.24) is 9.80 Å². The molecule has 0 bridgehead atoms. The number of rotatable bonds is 7. The number of esters is 1. The van der Waals surface area contributed by atoms with Gasteiger partial charge in [-0.25, -0.2) is 0 Å². The molecule has 4 aliphatic rings. The maximum absolute atomic E-state index is 14.1. The second kappa shape index (κ2) is 10.4. The Hall–Kier alpha value is -2.19. The highest BCUT2D eigenvalue weighted by Crippen LogP contribution is 2.57. The molecule has 0 radical (unpaired) electrons. The predicted octanol–water partition coefficient (Wildman–Crippen LogP) is 2.60. The van der Waals surface area contributed by atoms with Crippen molar-refractivity contribution >= 4 is 17.8 Å². The van der Waals surface area contributed by atoms with Crippen LogP contribution >= 0.6 is 0 Å². The second-order valence-corrected chi connectivity index (χ2v) is 10.4. The third-order valence-corrected chi connectivity index (χ3v) is 8.13. The minimum absolute atomic E-state index is 0.182. The maximum Gasteiger partial charge on any atom is 0.313 e. The first kappa shape index (κ1) is 25.9. The van der Waals surface area contributed by atoms with Gasteiger partial charge in [0.05, 0.1) is 30.8 Å². The molecular weight excluding hydrogens is 448 g/mol. The topological polar surface area (TPSA) is 96.4 Å². The summed E-state index contributed by atoms with van der Waals surface area (Å²) in [5, 5.41) is 10.2. The monoisotopic (exact) mass is 488 g/mol. The maximum atomic E-state index is 14.1. The second-order valence-electron chi connectivity index (χ2n) is 10.4. The molecule has 4 heterocycles. The van der Waals surface area contributed by atoms with E-state index in [0.29, 0.717) is 26.1 Å². The van der Waals surface area contributed by atoms with Gasteiger partial charge >= 0.3 is 5.97 Å². The van der Waals surface area contributed by atoms with Crippen LogP contribution in [0, 0.1) is 11.8 Å². The van der Waals surface area contributed by atoms with Gasteiger partial charge in [-0.15, -0.1) is 0 Å². The lowest BCUT2D eigenvalue weighted by molar-refractivity contribution is -0.161. The zero-order chi connectivity index (χ0) is 25.2. The molecular formula is C27H40N2O6. The van der Waals surface area contributed by atoms with E-state index in [0.717, 1.165) is 38.5 Å². The number of fused-ring (bicyclic) bond motifs is 2. The molecule has 2 amide bonds. The van der Waals surface area contributed by atoms with Gasteiger partial charge in [-0.05, 0) is 39.0 Å². The van der Waals surface area contributed by atoms with Crippen LogP contribution < -0.4 is 0 Å². The first-order valence-electron chi connectivity index (χ1n) is 13.3. The molecule has 0 aliphatic carbocycles. The summed E-state index contributed by atoms with van der Waals surface area (Å²) in [6, 6.07) is -1.48. The number of likely N-dealkylation sites (tertiary alicyclic amines) is 1. The van der Waals surface area contributed by atoms with Crippen molar-refractivity contribution in [3.63, 3.8) is 0 Å². The molecule has 35 heavy (non-hydrogen) atoms. The van der Waals surface area contributed by atoms with E-state index in [-0.39, 0.29) is 18.4 Å². The Morgan fingerprint density at radius 3 is 2.60 bits per heavy atom. The molecule has 0 aromatic rings. The minimum Gasteiger partial charge on any atom is -0.465 e. The lowest BCUT2D eigenvalue weighted by Gasteiger charge is -2.40. The van der Waals surface area contributed by atoms with Crippen molar-refractivity contribution in [3.8, 4) is 0 Å². The van der Waals surface area contributed by atoms with E-state index < -0.39 is 41.1 Å². The number of allylic oxidation sites excluding steroid dienone is 1. The normalized spacial score (nSPS) is 36.8. The summed E-state index contributed by atoms with van der Waals surface area (Å²) in [5.74, 6) is -2.74. The first-order valence-corrected chi connectivity index (χ1v) is 13.3. The molecule has 8 nitrogen and oxygen atoms in total. The molecule has 0 saturated carbocycles. The Morgan fingerprint density at radius 2 is 1.89 bits per heavy atom. The SMILES string of the molecule is CCCCCN1CC=C[C@]23O[C@@]4(C)/C=C\CCCCOC(=O)[C@H]4[C@H]2C(=O)N([C@@H](CC)CO)C3C1=O. The van der Waals surface area contributed by atoms with Gasteiger partial charge in [-0.1, -0.05) is 51.0 Å². The number of unbranched alkanes of at least 4 members (excludes halogenated alkanes) is 2. The number of aliphatic hydroxyl groups is 1. The summed E-state index contributed by atoms with van der Waals surface area (Å²) in [6.07, 6.45) is 13.5. The summed E-state index contributed by atoms with van der Waals surface area (Å²) in [7, 11) is 0. The smallest absolute Gasteiger partial charge is 0.313 e. The van der Waals surface area contributed by atoms with Crippen molar-refractivity contribution in [2.75, 3.05) is 26.3 Å². The van der Waals surface area contributed by atoms with Crippen LogP contribution in [0.25, 0.3) is 0 Å². The number of hydrogen-bond donors (Lipinski definition) is 1. The quantitative estimate of drug-likeness (QED) is 0.336. The average Bonchev–Trinajstić information content (AvgIpc) is 3.17. The van der Waals surface area contributed by atoms with Gasteiger partial charge in [0.2, 0.25) is 11.8 Å². The summed E-state index contributed by atoms with van der Waals surface area (Å²) in [4.78, 5) is 44.9. The molecule has 1 unspecified atom stereocenters. The van der Waals surface area contributed by atoms with E-state index >= 15 is 0 Å². The van der Waals surface area contributed by atoms with Gasteiger partial charge in [0.15, 0.2) is 0 Å². The molecule has 194 valence electrons. The zero-order valence-electron chi connectivity index (χ0n) is 21.3. The lowest BCUT2D eigenvalue weighted by Crippen LogP contribution is -2.58. The molecule has 0 aromatic carbocycles. The predicted molar refractivity (Wildman–Crippen MR) is 130 cm³/mol. The molecule has 4 aliphatic heterocycles. The summed E-state index contributed by atoms with van der Waals surface area (Å²) >= 11 is 0. The van der Waals surface area contributed by atoms with Crippen molar-refractivity contribution in [2.24, 2.45) is 11.8 Å². The van der Waals surface area contributed by atoms with Crippen molar-refractivity contribution < 1.29 is 29.0 Å². The molecule has 1 spiro atoms. The van der Waals surface area contributed by atoms with Gasteiger partial charge in [-0.3, -0.25) is 14.4 Å². The van der Waals surface area contributed by atoms with Crippen molar-refractivity contribution in [1.29, 1.82) is 0 Å². The highest BCUT2D eigenvalue weighted by molar-refractivity contribution is 5.99. The van der Waals surface area contributed by atoms with E-state index in [4.69, 9.17) is 9.47 Å². The highest BCUT2D eigenvalue weighted by atomic mass is 16.6. The van der Waals surface area contributed by atoms with Gasteiger partial charge in [0, 0.05) is 13.1 Å².